The van der Waals surface area contributed by atoms with Gasteiger partial charge in [-0.25, -0.2) is 4.79 Å². The van der Waals surface area contributed by atoms with Crippen molar-refractivity contribution in [3.8, 4) is 0 Å². The van der Waals surface area contributed by atoms with E-state index >= 15 is 0 Å². The summed E-state index contributed by atoms with van der Waals surface area (Å²) in [5.41, 5.74) is -4.92. The highest BCUT2D eigenvalue weighted by Crippen LogP contribution is 2.80. The van der Waals surface area contributed by atoms with Gasteiger partial charge in [0, 0.05) is 89.9 Å². The second kappa shape index (κ2) is 12.0. The summed E-state index contributed by atoms with van der Waals surface area (Å²) in [7, 11) is 6.25. The molecule has 6 aliphatic rings. The molecule has 2 N–H and O–H groups in total. The predicted octanol–water partition coefficient (Wildman–Crippen LogP) is 1.22. The molecule has 0 unspecified atom stereocenters. The molecule has 1 aromatic carbocycles. The van der Waals surface area contributed by atoms with Gasteiger partial charge in [0.1, 0.15) is 30.0 Å². The first-order valence-electron chi connectivity index (χ1n) is 17.2. The number of ether oxygens (including phenoxy) is 7. The summed E-state index contributed by atoms with van der Waals surface area (Å²) in [6.45, 7) is 5.99. The molecule has 7 bridgehead atoms. The zero-order chi connectivity index (χ0) is 35.3. The molecule has 1 aromatic rings. The normalized spacial score (nSPS) is 47.4. The Bertz CT molecular complexity index is 1480. The number of rotatable bonds is 10. The second-order valence-corrected chi connectivity index (χ2v) is 15.0. The van der Waals surface area contributed by atoms with Crippen LogP contribution in [0.5, 0.6) is 0 Å². The summed E-state index contributed by atoms with van der Waals surface area (Å²) >= 11 is 0. The lowest BCUT2D eigenvalue weighted by Gasteiger charge is -2.70. The van der Waals surface area contributed by atoms with Crippen LogP contribution in [-0.2, 0) is 42.7 Å². The molecular formula is C36H49NO12. The van der Waals surface area contributed by atoms with Gasteiger partial charge in [0.05, 0.1) is 24.4 Å². The Balaban J connectivity index is 1.53. The summed E-state index contributed by atoms with van der Waals surface area (Å²) in [5.74, 6) is -4.24. The molecule has 13 nitrogen and oxygen atoms in total. The molecular weight excluding hydrogens is 638 g/mol. The van der Waals surface area contributed by atoms with Crippen LogP contribution in [0, 0.1) is 34.5 Å². The Labute approximate surface area is 286 Å². The number of piperidine rings is 1. The highest BCUT2D eigenvalue weighted by Gasteiger charge is 2.92. The number of benzene rings is 1. The second-order valence-electron chi connectivity index (χ2n) is 15.0. The molecule has 0 radical (unpaired) electrons. The van der Waals surface area contributed by atoms with Gasteiger partial charge in [-0.1, -0.05) is 25.1 Å². The number of carbonyl (C=O) groups excluding carboxylic acids is 3. The van der Waals surface area contributed by atoms with Gasteiger partial charge >= 0.3 is 17.9 Å². The van der Waals surface area contributed by atoms with E-state index in [1.54, 1.807) is 51.7 Å². The summed E-state index contributed by atoms with van der Waals surface area (Å²) in [6, 6.07) is 8.12. The van der Waals surface area contributed by atoms with E-state index in [0.717, 1.165) is 0 Å². The lowest BCUT2D eigenvalue weighted by molar-refractivity contribution is -0.322. The van der Waals surface area contributed by atoms with Gasteiger partial charge in [0.25, 0.3) is 0 Å². The van der Waals surface area contributed by atoms with Crippen LogP contribution in [-0.4, -0.2) is 135 Å². The van der Waals surface area contributed by atoms with Crippen molar-refractivity contribution in [1.29, 1.82) is 0 Å². The fraction of sp³-hybridized carbons (Fsp3) is 0.750. The number of hydrogen-bond donors (Lipinski definition) is 2. The van der Waals surface area contributed by atoms with Crippen molar-refractivity contribution in [2.45, 2.75) is 87.5 Å². The largest absolute Gasteiger partial charge is 0.462 e. The Morgan fingerprint density at radius 2 is 1.63 bits per heavy atom. The molecule has 5 saturated carbocycles. The lowest BCUT2D eigenvalue weighted by atomic mass is 9.42. The summed E-state index contributed by atoms with van der Waals surface area (Å²) in [6.07, 6.45) is -5.45. The molecule has 13 heteroatoms. The minimum atomic E-state index is -1.86. The van der Waals surface area contributed by atoms with Crippen LogP contribution in [0.25, 0.3) is 0 Å². The maximum atomic E-state index is 13.8. The molecule has 7 rings (SSSR count). The van der Waals surface area contributed by atoms with Crippen molar-refractivity contribution in [2.24, 2.45) is 34.5 Å². The first kappa shape index (κ1) is 34.8. The molecule has 0 aromatic heterocycles. The van der Waals surface area contributed by atoms with E-state index in [4.69, 9.17) is 33.2 Å². The van der Waals surface area contributed by atoms with Crippen molar-refractivity contribution in [3.05, 3.63) is 35.9 Å². The van der Waals surface area contributed by atoms with Gasteiger partial charge in [-0.05, 0) is 31.0 Å². The third-order valence-corrected chi connectivity index (χ3v) is 13.4. The molecule has 1 heterocycles. The Hall–Kier alpha value is -2.65. The first-order chi connectivity index (χ1) is 23.4. The van der Waals surface area contributed by atoms with Crippen LogP contribution in [0.4, 0.5) is 0 Å². The van der Waals surface area contributed by atoms with Gasteiger partial charge in [0.2, 0.25) is 0 Å². The quantitative estimate of drug-likeness (QED) is 0.267. The molecule has 6 fully saturated rings. The third kappa shape index (κ3) is 4.21. The van der Waals surface area contributed by atoms with E-state index in [1.165, 1.54) is 21.0 Å². The van der Waals surface area contributed by atoms with Crippen LogP contribution in [0.15, 0.2) is 30.3 Å². The Morgan fingerprint density at radius 1 is 0.918 bits per heavy atom. The van der Waals surface area contributed by atoms with Crippen LogP contribution < -0.4 is 0 Å². The fourth-order valence-electron chi connectivity index (χ4n) is 12.7. The SMILES string of the molecule is CCN1C[C@]2(COC)[C@H]3[C@H](OC)[C@H]4[C@@H]1[C@]3([C@@H](OC)C[C@H]2OC(C)=O)[C@@H]1C[C@]2(O)[C@@H](OC(=O)c3ccccc3)[C@@H]1[C@]4(OC(C)=O)[C@@H](O)[C@@H]2OC. The lowest BCUT2D eigenvalue weighted by Crippen LogP contribution is -2.81. The Morgan fingerprint density at radius 3 is 2.20 bits per heavy atom. The number of esters is 3. The molecule has 15 atom stereocenters. The van der Waals surface area contributed by atoms with E-state index in [-0.39, 0.29) is 24.6 Å². The number of aliphatic hydroxyl groups excluding tert-OH is 1. The van der Waals surface area contributed by atoms with Gasteiger partial charge in [-0.15, -0.1) is 0 Å². The van der Waals surface area contributed by atoms with Crippen LogP contribution >= 0.6 is 0 Å². The highest BCUT2D eigenvalue weighted by atomic mass is 16.6. The Kier molecular flexibility index (Phi) is 8.49. The number of carbonyl (C=O) groups is 3. The molecule has 1 spiro atoms. The van der Waals surface area contributed by atoms with Crippen molar-refractivity contribution in [3.63, 3.8) is 0 Å². The minimum Gasteiger partial charge on any atom is -0.462 e. The number of aliphatic hydroxyl groups is 2. The molecule has 1 aliphatic heterocycles. The standard InChI is InChI=1S/C36H49NO12/c1-8-37-16-33(17-43-4)22(47-18(2)38)14-23(44-5)35-21-15-34(42)30(48-32(41)20-12-10-9-11-13-20)24(21)36(49-19(3)39,29(40)31(34)46-7)25(28(35)37)26(45-6)27(33)35/h9-13,21-31,40,42H,8,14-17H2,1-7H3/t21-,22-,23+,24-,25+,26-,27-,28-,29+,30+,31+,33-,34+,35+,36-/m1/s1. The summed E-state index contributed by atoms with van der Waals surface area (Å²) in [4.78, 5) is 42.2. The molecule has 1 saturated heterocycles. The van der Waals surface area contributed by atoms with Gasteiger partial charge in [-0.2, -0.15) is 0 Å². The molecule has 49 heavy (non-hydrogen) atoms. The zero-order valence-electron chi connectivity index (χ0n) is 29.2. The maximum absolute atomic E-state index is 13.8. The number of hydrogen-bond acceptors (Lipinski definition) is 13. The number of fused-ring (bicyclic) bond motifs is 2. The van der Waals surface area contributed by atoms with E-state index < -0.39 is 100 Å². The van der Waals surface area contributed by atoms with Crippen molar-refractivity contribution >= 4 is 17.9 Å². The summed E-state index contributed by atoms with van der Waals surface area (Å²) < 4.78 is 43.9. The van der Waals surface area contributed by atoms with Gasteiger partial charge < -0.3 is 43.4 Å². The van der Waals surface area contributed by atoms with Crippen molar-refractivity contribution in [2.75, 3.05) is 48.1 Å². The maximum Gasteiger partial charge on any atom is 0.338 e. The monoisotopic (exact) mass is 687 g/mol. The van der Waals surface area contributed by atoms with Crippen LogP contribution in [0.1, 0.15) is 44.0 Å². The average Bonchev–Trinajstić information content (AvgIpc) is 3.44. The molecule has 0 amide bonds. The smallest absolute Gasteiger partial charge is 0.338 e. The fourth-order valence-corrected chi connectivity index (χ4v) is 12.7. The highest BCUT2D eigenvalue weighted by molar-refractivity contribution is 5.89. The number of nitrogens with zero attached hydrogens (tertiary/aromatic N) is 1. The zero-order valence-corrected chi connectivity index (χ0v) is 29.2. The first-order valence-corrected chi connectivity index (χ1v) is 17.2. The molecule has 270 valence electrons. The van der Waals surface area contributed by atoms with Gasteiger partial charge in [0.15, 0.2) is 5.60 Å². The third-order valence-electron chi connectivity index (χ3n) is 13.4. The minimum absolute atomic E-state index is 0.0534. The van der Waals surface area contributed by atoms with E-state index in [0.29, 0.717) is 19.5 Å². The topological polar surface area (TPSA) is 160 Å². The van der Waals surface area contributed by atoms with Crippen molar-refractivity contribution < 1.29 is 57.8 Å². The van der Waals surface area contributed by atoms with Crippen molar-refractivity contribution in [1.82, 2.24) is 4.90 Å². The van der Waals surface area contributed by atoms with E-state index in [1.807, 2.05) is 6.92 Å². The van der Waals surface area contributed by atoms with Crippen LogP contribution in [0.3, 0.4) is 0 Å². The average molecular weight is 688 g/mol. The predicted molar refractivity (Wildman–Crippen MR) is 170 cm³/mol. The number of methoxy groups -OCH3 is 4. The number of likely N-dealkylation sites (tertiary alicyclic amines) is 1. The van der Waals surface area contributed by atoms with Gasteiger partial charge in [-0.3, -0.25) is 14.5 Å². The van der Waals surface area contributed by atoms with Crippen LogP contribution in [0.2, 0.25) is 0 Å². The summed E-state index contributed by atoms with van der Waals surface area (Å²) in [5, 5.41) is 25.5. The van der Waals surface area contributed by atoms with E-state index in [2.05, 4.69) is 4.90 Å². The van der Waals surface area contributed by atoms with E-state index in [9.17, 15) is 24.6 Å². The molecule has 5 aliphatic carbocycles.